The Hall–Kier alpha value is -2.65. The molecule has 1 fully saturated rings. The Balaban J connectivity index is 1.65. The predicted molar refractivity (Wildman–Crippen MR) is 161 cm³/mol. The Labute approximate surface area is 231 Å². The molecule has 3 heteroatoms. The van der Waals surface area contributed by atoms with Crippen LogP contribution in [0.15, 0.2) is 54.6 Å². The van der Waals surface area contributed by atoms with Gasteiger partial charge in [0.1, 0.15) is 5.75 Å². The summed E-state index contributed by atoms with van der Waals surface area (Å²) in [5.41, 5.74) is 8.73. The van der Waals surface area contributed by atoms with Gasteiger partial charge in [-0.2, -0.15) is 0 Å². The fourth-order valence-electron chi connectivity index (χ4n) is 6.10. The molecule has 0 N–H and O–H groups in total. The van der Waals surface area contributed by atoms with Crippen LogP contribution >= 0.6 is 0 Å². The van der Waals surface area contributed by atoms with Crippen LogP contribution in [0.4, 0.5) is 0 Å². The van der Waals surface area contributed by atoms with Gasteiger partial charge in [-0.05, 0) is 75.6 Å². The summed E-state index contributed by atoms with van der Waals surface area (Å²) in [6, 6.07) is 19.8. The first kappa shape index (κ1) is 28.4. The Kier molecular flexibility index (Phi) is 10.4. The molecular formula is C35H48N2O. The van der Waals surface area contributed by atoms with E-state index >= 15 is 0 Å². The zero-order valence-corrected chi connectivity index (χ0v) is 24.4. The lowest BCUT2D eigenvalue weighted by atomic mass is 9.94. The van der Waals surface area contributed by atoms with Crippen molar-refractivity contribution < 1.29 is 4.74 Å². The van der Waals surface area contributed by atoms with Crippen molar-refractivity contribution in [2.24, 2.45) is 5.92 Å². The first-order valence-electron chi connectivity index (χ1n) is 15.0. The molecule has 0 unspecified atom stereocenters. The lowest BCUT2D eigenvalue weighted by Gasteiger charge is -2.26. The van der Waals surface area contributed by atoms with E-state index in [4.69, 9.17) is 9.72 Å². The highest BCUT2D eigenvalue weighted by atomic mass is 16.5. The second kappa shape index (κ2) is 13.9. The average Bonchev–Trinajstić information content (AvgIpc) is 3.43. The molecule has 0 aliphatic heterocycles. The number of nitrogens with zero attached hydrogens (tertiary/aromatic N) is 2. The van der Waals surface area contributed by atoms with Gasteiger partial charge < -0.3 is 4.74 Å². The topological polar surface area (TPSA) is 25.4 Å². The van der Waals surface area contributed by atoms with Crippen LogP contribution in [-0.4, -0.2) is 22.5 Å². The third-order valence-corrected chi connectivity index (χ3v) is 8.10. The van der Waals surface area contributed by atoms with Gasteiger partial charge in [0.2, 0.25) is 0 Å². The van der Waals surface area contributed by atoms with Crippen LogP contribution in [-0.2, 0) is 25.9 Å². The van der Waals surface area contributed by atoms with Crippen molar-refractivity contribution in [2.75, 3.05) is 6.54 Å². The van der Waals surface area contributed by atoms with E-state index in [0.29, 0.717) is 0 Å². The SMILES string of the molecule is CCc1cccc(CC)c1-c1cc(OC(C)C)c(CN(CCCC2CCCC2)Cc2ccccc2)c(C)n1. The normalized spacial score (nSPS) is 14.1. The summed E-state index contributed by atoms with van der Waals surface area (Å²) in [7, 11) is 0. The summed E-state index contributed by atoms with van der Waals surface area (Å²) >= 11 is 0. The lowest BCUT2D eigenvalue weighted by Crippen LogP contribution is -2.26. The molecular weight excluding hydrogens is 464 g/mol. The van der Waals surface area contributed by atoms with Gasteiger partial charge in [-0.1, -0.05) is 88.1 Å². The van der Waals surface area contributed by atoms with E-state index in [-0.39, 0.29) is 6.10 Å². The molecule has 0 amide bonds. The number of benzene rings is 2. The maximum atomic E-state index is 6.51. The van der Waals surface area contributed by atoms with E-state index in [1.54, 1.807) is 0 Å². The first-order valence-corrected chi connectivity index (χ1v) is 15.0. The average molecular weight is 513 g/mol. The summed E-state index contributed by atoms with van der Waals surface area (Å²) in [5, 5.41) is 0. The number of hydrogen-bond donors (Lipinski definition) is 0. The Morgan fingerprint density at radius 2 is 1.61 bits per heavy atom. The van der Waals surface area contributed by atoms with Gasteiger partial charge >= 0.3 is 0 Å². The minimum absolute atomic E-state index is 0.111. The maximum Gasteiger partial charge on any atom is 0.128 e. The molecule has 0 spiro atoms. The Morgan fingerprint density at radius 3 is 2.24 bits per heavy atom. The van der Waals surface area contributed by atoms with Gasteiger partial charge in [-0.3, -0.25) is 9.88 Å². The molecule has 1 aliphatic rings. The van der Waals surface area contributed by atoms with Gasteiger partial charge in [0.25, 0.3) is 0 Å². The van der Waals surface area contributed by atoms with Crippen LogP contribution in [0.1, 0.15) is 94.2 Å². The monoisotopic (exact) mass is 512 g/mol. The number of aromatic nitrogens is 1. The van der Waals surface area contributed by atoms with Gasteiger partial charge in [-0.25, -0.2) is 0 Å². The standard InChI is InChI=1S/C35H48N2O/c1-6-30-20-13-21-31(7-2)35(30)33-23-34(38-26(3)4)32(27(5)36-33)25-37(24-29-17-9-8-10-18-29)22-14-19-28-15-11-12-16-28/h8-10,13,17-18,20-21,23,26,28H,6-7,11-12,14-16,19,22,24-25H2,1-5H3. The van der Waals surface area contributed by atoms with Crippen molar-refractivity contribution >= 4 is 0 Å². The molecule has 0 atom stereocenters. The fraction of sp³-hybridized carbons (Fsp3) is 0.514. The van der Waals surface area contributed by atoms with Crippen LogP contribution in [0.25, 0.3) is 11.3 Å². The van der Waals surface area contributed by atoms with Crippen LogP contribution in [0.2, 0.25) is 0 Å². The molecule has 1 aliphatic carbocycles. The molecule has 3 nitrogen and oxygen atoms in total. The minimum Gasteiger partial charge on any atom is -0.491 e. The summed E-state index contributed by atoms with van der Waals surface area (Å²) in [6.07, 6.45) is 10.4. The zero-order chi connectivity index (χ0) is 26.9. The highest BCUT2D eigenvalue weighted by Crippen LogP contribution is 2.34. The third kappa shape index (κ3) is 7.47. The lowest BCUT2D eigenvalue weighted by molar-refractivity contribution is 0.218. The van der Waals surface area contributed by atoms with Crippen LogP contribution in [0, 0.1) is 12.8 Å². The van der Waals surface area contributed by atoms with E-state index in [2.05, 4.69) is 94.1 Å². The van der Waals surface area contributed by atoms with Crippen molar-refractivity contribution in [3.63, 3.8) is 0 Å². The fourth-order valence-corrected chi connectivity index (χ4v) is 6.10. The van der Waals surface area contributed by atoms with E-state index in [1.165, 1.54) is 66.3 Å². The van der Waals surface area contributed by atoms with Crippen LogP contribution in [0.5, 0.6) is 5.75 Å². The number of aryl methyl sites for hydroxylation is 3. The van der Waals surface area contributed by atoms with Gasteiger partial charge in [0.05, 0.1) is 11.8 Å². The molecule has 0 bridgehead atoms. The molecule has 2 aromatic carbocycles. The largest absolute Gasteiger partial charge is 0.491 e. The van der Waals surface area contributed by atoms with Gasteiger partial charge in [0, 0.05) is 36.0 Å². The highest BCUT2D eigenvalue weighted by molar-refractivity contribution is 5.70. The van der Waals surface area contributed by atoms with E-state index in [0.717, 1.165) is 55.5 Å². The molecule has 0 radical (unpaired) electrons. The maximum absolute atomic E-state index is 6.51. The molecule has 38 heavy (non-hydrogen) atoms. The summed E-state index contributed by atoms with van der Waals surface area (Å²) < 4.78 is 6.51. The van der Waals surface area contributed by atoms with Crippen LogP contribution in [0.3, 0.4) is 0 Å². The summed E-state index contributed by atoms with van der Waals surface area (Å²) in [6.45, 7) is 13.8. The van der Waals surface area contributed by atoms with Crippen molar-refractivity contribution in [1.82, 2.24) is 9.88 Å². The number of hydrogen-bond acceptors (Lipinski definition) is 3. The van der Waals surface area contributed by atoms with Crippen molar-refractivity contribution in [1.29, 1.82) is 0 Å². The molecule has 0 saturated heterocycles. The van der Waals surface area contributed by atoms with E-state index in [9.17, 15) is 0 Å². The molecule has 4 rings (SSSR count). The number of pyridine rings is 1. The van der Waals surface area contributed by atoms with E-state index < -0.39 is 0 Å². The summed E-state index contributed by atoms with van der Waals surface area (Å²) in [4.78, 5) is 7.84. The quantitative estimate of drug-likeness (QED) is 0.228. The minimum atomic E-state index is 0.111. The van der Waals surface area contributed by atoms with Crippen molar-refractivity contribution in [3.8, 4) is 17.0 Å². The number of ether oxygens (including phenoxy) is 1. The second-order valence-electron chi connectivity index (χ2n) is 11.4. The van der Waals surface area contributed by atoms with Gasteiger partial charge in [0.15, 0.2) is 0 Å². The third-order valence-electron chi connectivity index (χ3n) is 8.10. The zero-order valence-electron chi connectivity index (χ0n) is 24.4. The Morgan fingerprint density at radius 1 is 0.921 bits per heavy atom. The predicted octanol–water partition coefficient (Wildman–Crippen LogP) is 8.94. The molecule has 1 heterocycles. The number of rotatable bonds is 13. The second-order valence-corrected chi connectivity index (χ2v) is 11.4. The summed E-state index contributed by atoms with van der Waals surface area (Å²) in [5.74, 6) is 1.92. The Bertz CT molecular complexity index is 1130. The first-order chi connectivity index (χ1) is 18.5. The van der Waals surface area contributed by atoms with Crippen molar-refractivity contribution in [2.45, 2.75) is 105 Å². The van der Waals surface area contributed by atoms with Crippen LogP contribution < -0.4 is 4.74 Å². The molecule has 3 aromatic rings. The highest BCUT2D eigenvalue weighted by Gasteiger charge is 2.20. The molecule has 1 saturated carbocycles. The molecule has 204 valence electrons. The van der Waals surface area contributed by atoms with E-state index in [1.807, 2.05) is 0 Å². The molecule has 1 aromatic heterocycles. The smallest absolute Gasteiger partial charge is 0.128 e. The van der Waals surface area contributed by atoms with Gasteiger partial charge in [-0.15, -0.1) is 0 Å². The van der Waals surface area contributed by atoms with Crippen molar-refractivity contribution in [3.05, 3.63) is 82.5 Å².